The van der Waals surface area contributed by atoms with E-state index >= 15 is 0 Å². The molecule has 1 aliphatic heterocycles. The molecule has 1 N–H and O–H groups in total. The quantitative estimate of drug-likeness (QED) is 0.608. The van der Waals surface area contributed by atoms with Crippen molar-refractivity contribution in [3.8, 4) is 0 Å². The fourth-order valence-electron chi connectivity index (χ4n) is 2.97. The second-order valence-electron chi connectivity index (χ2n) is 7.86. The van der Waals surface area contributed by atoms with Crippen LogP contribution in [0.25, 0.3) is 0 Å². The number of amides is 1. The number of allylic oxidation sites excluding steroid dienone is 1. The Kier molecular flexibility index (Phi) is 6.37. The number of rotatable bonds is 5. The molecule has 0 unspecified atom stereocenters. The van der Waals surface area contributed by atoms with Crippen LogP contribution in [0, 0.1) is 0 Å². The van der Waals surface area contributed by atoms with E-state index < -0.39 is 0 Å². The Balaban J connectivity index is 1.76. The van der Waals surface area contributed by atoms with E-state index in [1.807, 2.05) is 0 Å². The van der Waals surface area contributed by atoms with Gasteiger partial charge in [0.1, 0.15) is 0 Å². The molecule has 1 heterocycles. The van der Waals surface area contributed by atoms with Crippen molar-refractivity contribution in [2.45, 2.75) is 90.4 Å². The minimum atomic E-state index is -0.296. The first kappa shape index (κ1) is 19.3. The Labute approximate surface area is 146 Å². The molecule has 0 spiro atoms. The summed E-state index contributed by atoms with van der Waals surface area (Å²) in [4.78, 5) is 11.7. The van der Waals surface area contributed by atoms with Gasteiger partial charge < -0.3 is 19.4 Å². The molecule has 6 heteroatoms. The van der Waals surface area contributed by atoms with Gasteiger partial charge in [0, 0.05) is 6.04 Å². The number of carbonyl (C=O) groups is 1. The molecule has 0 aromatic carbocycles. The number of hydrogen-bond donors (Lipinski definition) is 1. The van der Waals surface area contributed by atoms with Crippen LogP contribution in [0.1, 0.15) is 73.1 Å². The number of nitrogens with one attached hydrogen (secondary N) is 1. The zero-order chi connectivity index (χ0) is 17.8. The third-order valence-electron chi connectivity index (χ3n) is 5.32. The van der Waals surface area contributed by atoms with Crippen molar-refractivity contribution >= 4 is 13.2 Å². The van der Waals surface area contributed by atoms with Crippen molar-refractivity contribution in [2.75, 3.05) is 6.61 Å². The summed E-state index contributed by atoms with van der Waals surface area (Å²) in [7, 11) is -0.270. The van der Waals surface area contributed by atoms with Gasteiger partial charge in [-0.15, -0.1) is 0 Å². The monoisotopic (exact) mass is 337 g/mol. The molecule has 1 amide bonds. The molecular formula is C18H32BNO4. The molecule has 1 saturated carbocycles. The van der Waals surface area contributed by atoms with Gasteiger partial charge in [-0.05, 0) is 59.8 Å². The van der Waals surface area contributed by atoms with Crippen molar-refractivity contribution < 1.29 is 18.8 Å². The average molecular weight is 337 g/mol. The van der Waals surface area contributed by atoms with Crippen molar-refractivity contribution in [3.63, 3.8) is 0 Å². The van der Waals surface area contributed by atoms with Crippen LogP contribution < -0.4 is 5.32 Å². The van der Waals surface area contributed by atoms with E-state index in [0.717, 1.165) is 38.5 Å². The fraction of sp³-hybridized carbons (Fsp3) is 0.833. The van der Waals surface area contributed by atoms with Crippen LogP contribution in [0.2, 0.25) is 0 Å². The fourth-order valence-corrected chi connectivity index (χ4v) is 2.97. The van der Waals surface area contributed by atoms with Gasteiger partial charge in [0.25, 0.3) is 0 Å². The minimum absolute atomic E-state index is 0.203. The van der Waals surface area contributed by atoms with E-state index in [9.17, 15) is 4.79 Å². The standard InChI is InChI=1S/C18H32BNO4/c1-6-7-12-22-16(21)20-15-10-8-14(9-11-15)13-19-23-17(2,3)18(4,5)24-19/h13,15H,6-12H2,1-5H3,(H,20,21). The highest BCUT2D eigenvalue weighted by molar-refractivity contribution is 6.51. The highest BCUT2D eigenvalue weighted by atomic mass is 16.7. The third-order valence-corrected chi connectivity index (χ3v) is 5.32. The molecule has 2 rings (SSSR count). The molecule has 0 atom stereocenters. The maximum absolute atomic E-state index is 11.7. The SMILES string of the molecule is CCCCOC(=O)NC1CCC(=CB2OC(C)(C)C(C)(C)O2)CC1. The topological polar surface area (TPSA) is 56.8 Å². The summed E-state index contributed by atoms with van der Waals surface area (Å²) in [6.45, 7) is 10.8. The van der Waals surface area contributed by atoms with Crippen LogP contribution in [0.4, 0.5) is 4.79 Å². The molecule has 1 aliphatic carbocycles. The van der Waals surface area contributed by atoms with Crippen LogP contribution in [0.15, 0.2) is 11.5 Å². The number of alkyl carbamates (subject to hydrolysis) is 1. The summed E-state index contributed by atoms with van der Waals surface area (Å²) in [6, 6.07) is 0.203. The van der Waals surface area contributed by atoms with Gasteiger partial charge in [0.2, 0.25) is 0 Å². The van der Waals surface area contributed by atoms with E-state index in [-0.39, 0.29) is 30.5 Å². The molecule has 0 aromatic rings. The maximum Gasteiger partial charge on any atom is 0.487 e. The predicted molar refractivity (Wildman–Crippen MR) is 95.8 cm³/mol. The molecule has 0 radical (unpaired) electrons. The van der Waals surface area contributed by atoms with Crippen LogP contribution in [-0.4, -0.2) is 37.1 Å². The molecule has 136 valence electrons. The lowest BCUT2D eigenvalue weighted by Gasteiger charge is -2.32. The Hall–Kier alpha value is -1.01. The molecule has 24 heavy (non-hydrogen) atoms. The van der Waals surface area contributed by atoms with Gasteiger partial charge in [-0.2, -0.15) is 0 Å². The molecule has 2 aliphatic rings. The molecule has 0 aromatic heterocycles. The normalized spacial score (nSPS) is 25.5. The highest BCUT2D eigenvalue weighted by Gasteiger charge is 2.50. The predicted octanol–water partition coefficient (Wildman–Crippen LogP) is 4.01. The summed E-state index contributed by atoms with van der Waals surface area (Å²) in [5, 5.41) is 2.97. The van der Waals surface area contributed by atoms with E-state index in [2.05, 4.69) is 45.9 Å². The summed E-state index contributed by atoms with van der Waals surface area (Å²) < 4.78 is 17.2. The van der Waals surface area contributed by atoms with E-state index in [1.165, 1.54) is 5.57 Å². The lowest BCUT2D eigenvalue weighted by molar-refractivity contribution is 0.00578. The van der Waals surface area contributed by atoms with Crippen molar-refractivity contribution in [3.05, 3.63) is 11.5 Å². The van der Waals surface area contributed by atoms with Crippen LogP contribution in [-0.2, 0) is 14.0 Å². The maximum atomic E-state index is 11.7. The minimum Gasteiger partial charge on any atom is -0.450 e. The molecular weight excluding hydrogens is 305 g/mol. The second-order valence-corrected chi connectivity index (χ2v) is 7.86. The summed E-state index contributed by atoms with van der Waals surface area (Å²) >= 11 is 0. The Morgan fingerprint density at radius 2 is 1.83 bits per heavy atom. The highest BCUT2D eigenvalue weighted by Crippen LogP contribution is 2.37. The zero-order valence-electron chi connectivity index (χ0n) is 15.8. The van der Waals surface area contributed by atoms with Gasteiger partial charge in [0.15, 0.2) is 0 Å². The molecule has 1 saturated heterocycles. The first-order valence-corrected chi connectivity index (χ1v) is 9.22. The molecule has 5 nitrogen and oxygen atoms in total. The summed E-state index contributed by atoms with van der Waals surface area (Å²) in [6.07, 6.45) is 5.46. The van der Waals surface area contributed by atoms with E-state index in [0.29, 0.717) is 6.61 Å². The summed E-state index contributed by atoms with van der Waals surface area (Å²) in [5.41, 5.74) is 0.761. The van der Waals surface area contributed by atoms with Crippen molar-refractivity contribution in [1.29, 1.82) is 0 Å². The first-order valence-electron chi connectivity index (χ1n) is 9.22. The number of ether oxygens (including phenoxy) is 1. The van der Waals surface area contributed by atoms with E-state index in [4.69, 9.17) is 14.0 Å². The van der Waals surface area contributed by atoms with Crippen LogP contribution in [0.5, 0.6) is 0 Å². The Bertz CT molecular complexity index is 450. The smallest absolute Gasteiger partial charge is 0.450 e. The van der Waals surface area contributed by atoms with Gasteiger partial charge >= 0.3 is 13.2 Å². The van der Waals surface area contributed by atoms with Gasteiger partial charge in [-0.1, -0.05) is 24.9 Å². The van der Waals surface area contributed by atoms with E-state index in [1.54, 1.807) is 0 Å². The van der Waals surface area contributed by atoms with Gasteiger partial charge in [0.05, 0.1) is 17.8 Å². The zero-order valence-corrected chi connectivity index (χ0v) is 15.8. The lowest BCUT2D eigenvalue weighted by atomic mass is 9.81. The Morgan fingerprint density at radius 3 is 2.38 bits per heavy atom. The van der Waals surface area contributed by atoms with Crippen molar-refractivity contribution in [1.82, 2.24) is 5.32 Å². The number of hydrogen-bond acceptors (Lipinski definition) is 4. The Morgan fingerprint density at radius 1 is 1.25 bits per heavy atom. The second kappa shape index (κ2) is 7.92. The van der Waals surface area contributed by atoms with Gasteiger partial charge in [-0.3, -0.25) is 0 Å². The third kappa shape index (κ3) is 4.99. The largest absolute Gasteiger partial charge is 0.487 e. The lowest BCUT2D eigenvalue weighted by Crippen LogP contribution is -2.41. The van der Waals surface area contributed by atoms with Crippen LogP contribution in [0.3, 0.4) is 0 Å². The number of carbonyl (C=O) groups excluding carboxylic acids is 1. The number of unbranched alkanes of at least 4 members (excludes halogenated alkanes) is 1. The average Bonchev–Trinajstić information content (AvgIpc) is 2.68. The molecule has 2 fully saturated rings. The van der Waals surface area contributed by atoms with Crippen molar-refractivity contribution in [2.24, 2.45) is 0 Å². The van der Waals surface area contributed by atoms with Crippen LogP contribution >= 0.6 is 0 Å². The summed E-state index contributed by atoms with van der Waals surface area (Å²) in [5.74, 6) is 2.12. The first-order chi connectivity index (χ1) is 11.2. The van der Waals surface area contributed by atoms with Gasteiger partial charge in [-0.25, -0.2) is 4.79 Å². The molecule has 0 bridgehead atoms.